The molecule has 0 aliphatic rings. The molecule has 1 atom stereocenters. The minimum Gasteiger partial charge on any atom is -0.378 e. The van der Waals surface area contributed by atoms with Gasteiger partial charge in [-0.1, -0.05) is 30.3 Å². The number of carbonyl (C=O) groups excluding carboxylic acids is 1. The summed E-state index contributed by atoms with van der Waals surface area (Å²) in [7, 11) is 0. The van der Waals surface area contributed by atoms with Crippen molar-refractivity contribution in [3.05, 3.63) is 35.9 Å². The first-order valence-corrected chi connectivity index (χ1v) is 6.48. The van der Waals surface area contributed by atoms with Crippen LogP contribution in [0.2, 0.25) is 0 Å². The van der Waals surface area contributed by atoms with Crippen LogP contribution in [-0.2, 0) is 4.74 Å². The van der Waals surface area contributed by atoms with Crippen LogP contribution in [0.3, 0.4) is 0 Å². The molecule has 0 amide bonds. The predicted octanol–water partition coefficient (Wildman–Crippen LogP) is 4.04. The maximum atomic E-state index is 12.9. The van der Waals surface area contributed by atoms with Crippen LogP contribution in [-0.4, -0.2) is 23.3 Å². The van der Waals surface area contributed by atoms with Crippen LogP contribution < -0.4 is 0 Å². The van der Waals surface area contributed by atoms with Gasteiger partial charge in [-0.05, 0) is 22.9 Å². The Bertz CT molecular complexity index is 376. The second kappa shape index (κ2) is 6.95. The number of ketones is 1. The van der Waals surface area contributed by atoms with E-state index in [1.165, 1.54) is 0 Å². The molecule has 0 aromatic heterocycles. The molecule has 1 rings (SSSR count). The average molecular weight is 321 g/mol. The number of ether oxygens (including phenoxy) is 1. The van der Waals surface area contributed by atoms with E-state index >= 15 is 0 Å². The first-order chi connectivity index (χ1) is 8.42. The fraction of sp³-hybridized carbons (Fsp3) is 0.462. The molecule has 1 unspecified atom stereocenters. The number of carbonyl (C=O) groups is 1. The van der Waals surface area contributed by atoms with Crippen molar-refractivity contribution < 1.29 is 18.3 Å². The molecule has 1 aromatic carbocycles. The van der Waals surface area contributed by atoms with Crippen LogP contribution >= 0.6 is 15.9 Å². The maximum Gasteiger partial charge on any atom is 0.303 e. The number of alkyl halides is 3. The van der Waals surface area contributed by atoms with Gasteiger partial charge in [0.15, 0.2) is 5.78 Å². The lowest BCUT2D eigenvalue weighted by Crippen LogP contribution is -2.24. The van der Waals surface area contributed by atoms with Crippen molar-refractivity contribution in [3.63, 3.8) is 0 Å². The largest absolute Gasteiger partial charge is 0.378 e. The molecule has 5 heteroatoms. The Balaban J connectivity index is 2.64. The summed E-state index contributed by atoms with van der Waals surface area (Å²) in [6.45, 7) is 2.02. The molecule has 0 heterocycles. The van der Waals surface area contributed by atoms with E-state index in [0.717, 1.165) is 0 Å². The highest BCUT2D eigenvalue weighted by Gasteiger charge is 2.30. The summed E-state index contributed by atoms with van der Waals surface area (Å²) in [6, 6.07) is 8.60. The van der Waals surface area contributed by atoms with E-state index in [1.807, 2.05) is 0 Å². The van der Waals surface area contributed by atoms with Gasteiger partial charge < -0.3 is 4.74 Å². The van der Waals surface area contributed by atoms with E-state index in [4.69, 9.17) is 4.74 Å². The third-order valence-electron chi connectivity index (χ3n) is 2.37. The van der Waals surface area contributed by atoms with Crippen molar-refractivity contribution in [3.8, 4) is 0 Å². The predicted molar refractivity (Wildman–Crippen MR) is 69.3 cm³/mol. The second-order valence-corrected chi connectivity index (χ2v) is 5.05. The van der Waals surface area contributed by atoms with E-state index < -0.39 is 17.4 Å². The van der Waals surface area contributed by atoms with Crippen LogP contribution in [0.25, 0.3) is 0 Å². The van der Waals surface area contributed by atoms with E-state index in [9.17, 15) is 13.6 Å². The molecule has 0 spiro atoms. The number of hydrogen-bond donors (Lipinski definition) is 0. The van der Waals surface area contributed by atoms with Crippen molar-refractivity contribution in [1.82, 2.24) is 0 Å². The summed E-state index contributed by atoms with van der Waals surface area (Å²) in [5.74, 6) is -0.189. The molecule has 2 nitrogen and oxygen atoms in total. The molecule has 1 aromatic rings. The number of Topliss-reactive ketones (excluding diaryl/α,β-unsaturated/α-hetero) is 1. The molecule has 100 valence electrons. The van der Waals surface area contributed by atoms with Crippen LogP contribution in [0.15, 0.2) is 30.3 Å². The van der Waals surface area contributed by atoms with Crippen LogP contribution in [0.5, 0.6) is 0 Å². The Morgan fingerprint density at radius 1 is 1.39 bits per heavy atom. The molecule has 0 radical (unpaired) electrons. The maximum absolute atomic E-state index is 12.9. The minimum atomic E-state index is -3.01. The summed E-state index contributed by atoms with van der Waals surface area (Å²) in [6.07, 6.45) is -1.34. The highest BCUT2D eigenvalue weighted by molar-refractivity contribution is 9.10. The Morgan fingerprint density at radius 3 is 2.50 bits per heavy atom. The SMILES string of the molecule is CCOC(CC(=O)c1ccccc1)CC(F)(F)Br. The van der Waals surface area contributed by atoms with Crippen molar-refractivity contribution in [2.75, 3.05) is 6.61 Å². The molecule has 0 bridgehead atoms. The Labute approximate surface area is 113 Å². The molecule has 0 saturated heterocycles. The summed E-state index contributed by atoms with van der Waals surface area (Å²) in [5, 5.41) is 0. The second-order valence-electron chi connectivity index (χ2n) is 3.89. The van der Waals surface area contributed by atoms with Crippen molar-refractivity contribution >= 4 is 21.7 Å². The quantitative estimate of drug-likeness (QED) is 0.559. The van der Waals surface area contributed by atoms with Gasteiger partial charge in [0.25, 0.3) is 0 Å². The zero-order chi connectivity index (χ0) is 13.6. The smallest absolute Gasteiger partial charge is 0.303 e. The van der Waals surface area contributed by atoms with Gasteiger partial charge in [-0.2, -0.15) is 8.78 Å². The van der Waals surface area contributed by atoms with Crippen molar-refractivity contribution in [2.24, 2.45) is 0 Å². The van der Waals surface area contributed by atoms with Crippen molar-refractivity contribution in [1.29, 1.82) is 0 Å². The third kappa shape index (κ3) is 5.69. The lowest BCUT2D eigenvalue weighted by Gasteiger charge is -2.19. The monoisotopic (exact) mass is 320 g/mol. The number of rotatable bonds is 7. The van der Waals surface area contributed by atoms with E-state index in [-0.39, 0.29) is 12.2 Å². The standard InChI is InChI=1S/C13H15BrF2O2/c1-2-18-11(9-13(14,15)16)8-12(17)10-6-4-3-5-7-10/h3-7,11H,2,8-9H2,1H3. The Morgan fingerprint density at radius 2 is 2.00 bits per heavy atom. The van der Waals surface area contributed by atoms with E-state index in [1.54, 1.807) is 37.3 Å². The highest BCUT2D eigenvalue weighted by atomic mass is 79.9. The average Bonchev–Trinajstić information content (AvgIpc) is 2.28. The lowest BCUT2D eigenvalue weighted by atomic mass is 10.0. The van der Waals surface area contributed by atoms with Crippen LogP contribution in [0.1, 0.15) is 30.1 Å². The van der Waals surface area contributed by atoms with Crippen LogP contribution in [0, 0.1) is 0 Å². The van der Waals surface area contributed by atoms with Crippen LogP contribution in [0.4, 0.5) is 8.78 Å². The topological polar surface area (TPSA) is 26.3 Å². The first kappa shape index (κ1) is 15.2. The van der Waals surface area contributed by atoms with E-state index in [0.29, 0.717) is 12.2 Å². The van der Waals surface area contributed by atoms with E-state index in [2.05, 4.69) is 15.9 Å². The summed E-state index contributed by atoms with van der Waals surface area (Å²) in [4.78, 5) is 8.87. The van der Waals surface area contributed by atoms with Gasteiger partial charge in [0.1, 0.15) is 0 Å². The molecule has 0 aliphatic carbocycles. The van der Waals surface area contributed by atoms with Gasteiger partial charge in [0, 0.05) is 25.0 Å². The van der Waals surface area contributed by atoms with Gasteiger partial charge in [-0.3, -0.25) is 4.79 Å². The summed E-state index contributed by atoms with van der Waals surface area (Å²) in [5.41, 5.74) is 0.514. The van der Waals surface area contributed by atoms with Gasteiger partial charge in [0.2, 0.25) is 0 Å². The third-order valence-corrected chi connectivity index (χ3v) is 2.69. The summed E-state index contributed by atoms with van der Waals surface area (Å²) < 4.78 is 30.9. The number of benzene rings is 1. The minimum absolute atomic E-state index is 0.0426. The number of hydrogen-bond acceptors (Lipinski definition) is 2. The van der Waals surface area contributed by atoms with Gasteiger partial charge in [-0.25, -0.2) is 0 Å². The lowest BCUT2D eigenvalue weighted by molar-refractivity contribution is -0.00466. The molecular weight excluding hydrogens is 306 g/mol. The van der Waals surface area contributed by atoms with Gasteiger partial charge in [-0.15, -0.1) is 0 Å². The fourth-order valence-electron chi connectivity index (χ4n) is 1.63. The molecule has 0 aliphatic heterocycles. The van der Waals surface area contributed by atoms with Crippen molar-refractivity contribution in [2.45, 2.75) is 30.7 Å². The van der Waals surface area contributed by atoms with Gasteiger partial charge >= 0.3 is 4.83 Å². The number of halogens is 3. The normalized spacial score (nSPS) is 13.3. The molecule has 0 N–H and O–H groups in total. The molecule has 18 heavy (non-hydrogen) atoms. The molecule has 0 saturated carbocycles. The highest BCUT2D eigenvalue weighted by Crippen LogP contribution is 2.29. The Kier molecular flexibility index (Phi) is 5.88. The zero-order valence-electron chi connectivity index (χ0n) is 10.0. The van der Waals surface area contributed by atoms with Gasteiger partial charge in [0.05, 0.1) is 6.10 Å². The molecule has 0 fully saturated rings. The fourth-order valence-corrected chi connectivity index (χ4v) is 1.99. The molecular formula is C13H15BrF2O2. The first-order valence-electron chi connectivity index (χ1n) is 5.69. The Hall–Kier alpha value is -0.810. The zero-order valence-corrected chi connectivity index (χ0v) is 11.6. The summed E-state index contributed by atoms with van der Waals surface area (Å²) >= 11 is 2.27.